The highest BCUT2D eigenvalue weighted by atomic mass is 32.1. The lowest BCUT2D eigenvalue weighted by Crippen LogP contribution is -2.45. The molecular weight excluding hydrogens is 382 g/mol. The number of nitrogens with one attached hydrogen (secondary N) is 1. The number of thiazole rings is 1. The second kappa shape index (κ2) is 10.0. The van der Waals surface area contributed by atoms with E-state index in [1.165, 1.54) is 5.01 Å². The topological polar surface area (TPSA) is 62.3 Å². The van der Waals surface area contributed by atoms with Crippen LogP contribution < -0.4 is 5.32 Å². The van der Waals surface area contributed by atoms with Gasteiger partial charge in [0.1, 0.15) is 0 Å². The van der Waals surface area contributed by atoms with Crippen molar-refractivity contribution in [3.63, 3.8) is 0 Å². The smallest absolute Gasteiger partial charge is 0.253 e. The molecule has 1 fully saturated rings. The van der Waals surface area contributed by atoms with Crippen LogP contribution in [0.2, 0.25) is 0 Å². The third-order valence-corrected chi connectivity index (χ3v) is 6.36. The fraction of sp³-hybridized carbons (Fsp3) is 0.522. The summed E-state index contributed by atoms with van der Waals surface area (Å²) in [6.45, 7) is 7.94. The SMILES string of the molecule is Cc1cc(C)cc(C(=O)N2CCCC(C(=O)NCCCCc3nc(C)cs3)C2)c1. The van der Waals surface area contributed by atoms with E-state index in [1.807, 2.05) is 37.8 Å². The number of unbranched alkanes of at least 4 members (excludes halogenated alkanes) is 1. The van der Waals surface area contributed by atoms with Crippen molar-refractivity contribution in [2.24, 2.45) is 5.92 Å². The number of hydrogen-bond donors (Lipinski definition) is 1. The highest BCUT2D eigenvalue weighted by Crippen LogP contribution is 2.20. The molecule has 156 valence electrons. The highest BCUT2D eigenvalue weighted by Gasteiger charge is 2.28. The van der Waals surface area contributed by atoms with E-state index in [4.69, 9.17) is 0 Å². The van der Waals surface area contributed by atoms with E-state index < -0.39 is 0 Å². The van der Waals surface area contributed by atoms with Crippen LogP contribution in [0.5, 0.6) is 0 Å². The molecule has 1 unspecified atom stereocenters. The van der Waals surface area contributed by atoms with Gasteiger partial charge in [-0.05, 0) is 65.0 Å². The zero-order chi connectivity index (χ0) is 20.8. The lowest BCUT2D eigenvalue weighted by molar-refractivity contribution is -0.126. The second-order valence-electron chi connectivity index (χ2n) is 8.10. The molecule has 0 aliphatic carbocycles. The molecule has 1 aromatic heterocycles. The van der Waals surface area contributed by atoms with Crippen LogP contribution in [-0.4, -0.2) is 41.3 Å². The molecule has 2 heterocycles. The Hall–Kier alpha value is -2.21. The van der Waals surface area contributed by atoms with E-state index in [0.717, 1.165) is 61.0 Å². The van der Waals surface area contributed by atoms with Gasteiger partial charge in [0.05, 0.1) is 10.9 Å². The van der Waals surface area contributed by atoms with Crippen molar-refractivity contribution in [3.8, 4) is 0 Å². The molecule has 1 saturated heterocycles. The molecule has 0 saturated carbocycles. The molecular formula is C23H31N3O2S. The zero-order valence-corrected chi connectivity index (χ0v) is 18.5. The second-order valence-corrected chi connectivity index (χ2v) is 9.04. The van der Waals surface area contributed by atoms with Gasteiger partial charge in [0.2, 0.25) is 5.91 Å². The summed E-state index contributed by atoms with van der Waals surface area (Å²) in [7, 11) is 0. The summed E-state index contributed by atoms with van der Waals surface area (Å²) >= 11 is 1.70. The highest BCUT2D eigenvalue weighted by molar-refractivity contribution is 7.09. The van der Waals surface area contributed by atoms with E-state index in [0.29, 0.717) is 13.1 Å². The van der Waals surface area contributed by atoms with Gasteiger partial charge in [-0.15, -0.1) is 11.3 Å². The molecule has 0 bridgehead atoms. The van der Waals surface area contributed by atoms with Gasteiger partial charge in [-0.1, -0.05) is 17.2 Å². The van der Waals surface area contributed by atoms with Crippen LogP contribution >= 0.6 is 11.3 Å². The first-order valence-corrected chi connectivity index (χ1v) is 11.4. The van der Waals surface area contributed by atoms with Crippen molar-refractivity contribution in [2.45, 2.75) is 52.9 Å². The molecule has 1 N–H and O–H groups in total. The standard InChI is InChI=1S/C23H31N3O2S/c1-16-11-17(2)13-20(12-16)23(28)26-10-6-7-19(14-26)22(27)24-9-5-4-8-21-25-18(3)15-29-21/h11-13,15,19H,4-10,14H2,1-3H3,(H,24,27). The summed E-state index contributed by atoms with van der Waals surface area (Å²) in [5.74, 6) is 0.00118. The molecule has 3 rings (SSSR count). The number of likely N-dealkylation sites (tertiary alicyclic amines) is 1. The first-order chi connectivity index (χ1) is 13.9. The average Bonchev–Trinajstić information content (AvgIpc) is 3.11. The van der Waals surface area contributed by atoms with Crippen LogP contribution in [0, 0.1) is 26.7 Å². The summed E-state index contributed by atoms with van der Waals surface area (Å²) in [4.78, 5) is 31.8. The van der Waals surface area contributed by atoms with Crippen LogP contribution in [-0.2, 0) is 11.2 Å². The number of aromatic nitrogens is 1. The van der Waals surface area contributed by atoms with Crippen molar-refractivity contribution in [2.75, 3.05) is 19.6 Å². The number of nitrogens with zero attached hydrogens (tertiary/aromatic N) is 2. The van der Waals surface area contributed by atoms with Gasteiger partial charge in [-0.3, -0.25) is 9.59 Å². The van der Waals surface area contributed by atoms with Crippen LogP contribution in [0.3, 0.4) is 0 Å². The fourth-order valence-corrected chi connectivity index (χ4v) is 4.75. The van der Waals surface area contributed by atoms with Gasteiger partial charge < -0.3 is 10.2 Å². The Kier molecular flexibility index (Phi) is 7.42. The third kappa shape index (κ3) is 6.13. The van der Waals surface area contributed by atoms with Crippen LogP contribution in [0.25, 0.3) is 0 Å². The normalized spacial score (nSPS) is 16.7. The van der Waals surface area contributed by atoms with Crippen molar-refractivity contribution in [3.05, 3.63) is 51.0 Å². The number of carbonyl (C=O) groups is 2. The minimum Gasteiger partial charge on any atom is -0.356 e. The zero-order valence-electron chi connectivity index (χ0n) is 17.7. The first kappa shape index (κ1) is 21.5. The number of piperidine rings is 1. The minimum absolute atomic E-state index is 0.0352. The summed E-state index contributed by atoms with van der Waals surface area (Å²) in [5, 5.41) is 6.31. The Morgan fingerprint density at radius 3 is 2.62 bits per heavy atom. The average molecular weight is 414 g/mol. The van der Waals surface area contributed by atoms with Gasteiger partial charge in [0.25, 0.3) is 5.91 Å². The van der Waals surface area contributed by atoms with Crippen LogP contribution in [0.1, 0.15) is 57.9 Å². The van der Waals surface area contributed by atoms with Crippen molar-refractivity contribution in [1.82, 2.24) is 15.2 Å². The van der Waals surface area contributed by atoms with E-state index in [1.54, 1.807) is 11.3 Å². The van der Waals surface area contributed by atoms with Crippen molar-refractivity contribution >= 4 is 23.2 Å². The van der Waals surface area contributed by atoms with Gasteiger partial charge in [0, 0.05) is 36.3 Å². The maximum Gasteiger partial charge on any atom is 0.253 e. The Balaban J connectivity index is 1.44. The summed E-state index contributed by atoms with van der Waals surface area (Å²) in [6, 6.07) is 5.94. The monoisotopic (exact) mass is 413 g/mol. The molecule has 0 spiro atoms. The molecule has 1 aliphatic heterocycles. The molecule has 2 amide bonds. The number of carbonyl (C=O) groups excluding carboxylic acids is 2. The van der Waals surface area contributed by atoms with Gasteiger partial charge in [0.15, 0.2) is 0 Å². The van der Waals surface area contributed by atoms with Gasteiger partial charge in [-0.25, -0.2) is 4.98 Å². The molecule has 6 heteroatoms. The Bertz CT molecular complexity index is 841. The number of benzene rings is 1. The first-order valence-electron chi connectivity index (χ1n) is 10.5. The molecule has 1 aromatic carbocycles. The van der Waals surface area contributed by atoms with Gasteiger partial charge in [-0.2, -0.15) is 0 Å². The summed E-state index contributed by atoms with van der Waals surface area (Å²) in [6.07, 6.45) is 4.66. The Morgan fingerprint density at radius 2 is 1.93 bits per heavy atom. The number of amides is 2. The number of hydrogen-bond acceptors (Lipinski definition) is 4. The van der Waals surface area contributed by atoms with E-state index in [2.05, 4.69) is 21.7 Å². The van der Waals surface area contributed by atoms with Crippen molar-refractivity contribution < 1.29 is 9.59 Å². The quantitative estimate of drug-likeness (QED) is 0.696. The van der Waals surface area contributed by atoms with Gasteiger partial charge >= 0.3 is 0 Å². The molecule has 1 aliphatic rings. The van der Waals surface area contributed by atoms with E-state index >= 15 is 0 Å². The third-order valence-electron chi connectivity index (χ3n) is 5.33. The van der Waals surface area contributed by atoms with Crippen LogP contribution in [0.4, 0.5) is 0 Å². The maximum atomic E-state index is 12.9. The predicted molar refractivity (Wildman–Crippen MR) is 117 cm³/mol. The molecule has 2 aromatic rings. The minimum atomic E-state index is -0.111. The molecule has 5 nitrogen and oxygen atoms in total. The van der Waals surface area contributed by atoms with E-state index in [9.17, 15) is 9.59 Å². The Morgan fingerprint density at radius 1 is 1.17 bits per heavy atom. The lowest BCUT2D eigenvalue weighted by atomic mass is 9.96. The summed E-state index contributed by atoms with van der Waals surface area (Å²) < 4.78 is 0. The molecule has 1 atom stereocenters. The lowest BCUT2D eigenvalue weighted by Gasteiger charge is -2.32. The van der Waals surface area contributed by atoms with E-state index in [-0.39, 0.29) is 17.7 Å². The largest absolute Gasteiger partial charge is 0.356 e. The Labute approximate surface area is 177 Å². The number of rotatable bonds is 7. The summed E-state index contributed by atoms with van der Waals surface area (Å²) in [5.41, 5.74) is 3.98. The maximum absolute atomic E-state index is 12.9. The fourth-order valence-electron chi connectivity index (χ4n) is 3.93. The van der Waals surface area contributed by atoms with Crippen LogP contribution in [0.15, 0.2) is 23.6 Å². The molecule has 0 radical (unpaired) electrons. The predicted octanol–water partition coefficient (Wildman–Crippen LogP) is 4.06. The molecule has 29 heavy (non-hydrogen) atoms. The number of aryl methyl sites for hydroxylation is 4. The van der Waals surface area contributed by atoms with Crippen molar-refractivity contribution in [1.29, 1.82) is 0 Å².